The van der Waals surface area contributed by atoms with Crippen molar-refractivity contribution in [1.29, 1.82) is 5.26 Å². The monoisotopic (exact) mass is 657 g/mol. The fourth-order valence-electron chi connectivity index (χ4n) is 4.28. The van der Waals surface area contributed by atoms with E-state index < -0.39 is 15.3 Å². The molecule has 0 aliphatic rings. The minimum atomic E-state index is -3.46. The number of halogens is 1. The van der Waals surface area contributed by atoms with E-state index in [1.807, 2.05) is 51.1 Å². The number of hydrogen-bond acceptors (Lipinski definition) is 10. The number of nitrogens with zero attached hydrogens (tertiary/aromatic N) is 3. The first kappa shape index (κ1) is 35.8. The van der Waals surface area contributed by atoms with Crippen LogP contribution >= 0.6 is 11.6 Å². The number of ether oxygens (including phenoxy) is 4. The summed E-state index contributed by atoms with van der Waals surface area (Å²) in [6, 6.07) is 13.4. The standard InChI is InChI=1S/C33H40ClN3O7S/c1-5-6-15-42-30(38)23-41-14-8-7-9-16-43-31-25(19-35)17-27(18-29(31)34)33(2,3)26-10-12-28(13-11-26)44-22-24-20-36-32(37-21-24)45(4,39)40/h10-13,17-18,20-21H,5-9,14-16,22-23H2,1-4H3. The highest BCUT2D eigenvalue weighted by molar-refractivity contribution is 7.90. The second kappa shape index (κ2) is 17.1. The lowest BCUT2D eigenvalue weighted by Crippen LogP contribution is -2.19. The van der Waals surface area contributed by atoms with E-state index in [9.17, 15) is 18.5 Å². The number of hydrogen-bond donors (Lipinski definition) is 0. The third kappa shape index (κ3) is 11.0. The van der Waals surface area contributed by atoms with Crippen LogP contribution in [0.5, 0.6) is 11.5 Å². The van der Waals surface area contributed by atoms with Gasteiger partial charge in [0.2, 0.25) is 15.0 Å². The van der Waals surface area contributed by atoms with Gasteiger partial charge in [-0.05, 0) is 61.1 Å². The maximum Gasteiger partial charge on any atom is 0.332 e. The molecule has 0 unspecified atom stereocenters. The van der Waals surface area contributed by atoms with Crippen molar-refractivity contribution < 1.29 is 32.2 Å². The van der Waals surface area contributed by atoms with Crippen LogP contribution in [0.15, 0.2) is 53.9 Å². The molecule has 0 N–H and O–H groups in total. The highest BCUT2D eigenvalue weighted by Crippen LogP contribution is 2.38. The van der Waals surface area contributed by atoms with Crippen LogP contribution in [-0.2, 0) is 36.1 Å². The maximum atomic E-state index is 11.6. The summed E-state index contributed by atoms with van der Waals surface area (Å²) >= 11 is 6.62. The zero-order valence-electron chi connectivity index (χ0n) is 26.2. The van der Waals surface area contributed by atoms with Crippen molar-refractivity contribution in [2.45, 2.75) is 70.1 Å². The molecule has 3 aromatic rings. The van der Waals surface area contributed by atoms with Gasteiger partial charge >= 0.3 is 5.97 Å². The highest BCUT2D eigenvalue weighted by atomic mass is 35.5. The lowest BCUT2D eigenvalue weighted by molar-refractivity contribution is -0.149. The summed E-state index contributed by atoms with van der Waals surface area (Å²) < 4.78 is 45.2. The molecule has 0 aliphatic heterocycles. The van der Waals surface area contributed by atoms with E-state index in [2.05, 4.69) is 16.0 Å². The van der Waals surface area contributed by atoms with Gasteiger partial charge < -0.3 is 18.9 Å². The number of sulfone groups is 1. The van der Waals surface area contributed by atoms with Crippen molar-refractivity contribution in [1.82, 2.24) is 9.97 Å². The number of unbranched alkanes of at least 4 members (excludes halogenated alkanes) is 3. The number of rotatable bonds is 18. The Kier molecular flexibility index (Phi) is 13.6. The molecule has 0 bridgehead atoms. The quantitative estimate of drug-likeness (QED) is 0.0880. The molecule has 0 saturated carbocycles. The largest absolute Gasteiger partial charge is 0.491 e. The van der Waals surface area contributed by atoms with Crippen LogP contribution in [0, 0.1) is 11.3 Å². The first-order valence-corrected chi connectivity index (χ1v) is 17.1. The predicted octanol–water partition coefficient (Wildman–Crippen LogP) is 6.22. The first-order chi connectivity index (χ1) is 21.5. The molecule has 0 aliphatic carbocycles. The van der Waals surface area contributed by atoms with Crippen molar-refractivity contribution in [2.75, 3.05) is 32.7 Å². The molecule has 10 nitrogen and oxygen atoms in total. The fraction of sp³-hybridized carbons (Fsp3) is 0.455. The van der Waals surface area contributed by atoms with Gasteiger partial charge in [-0.1, -0.05) is 50.9 Å². The molecule has 45 heavy (non-hydrogen) atoms. The van der Waals surface area contributed by atoms with Crippen molar-refractivity contribution >= 4 is 27.4 Å². The molecule has 0 radical (unpaired) electrons. The van der Waals surface area contributed by atoms with E-state index in [0.717, 1.165) is 49.5 Å². The van der Waals surface area contributed by atoms with Gasteiger partial charge in [0.1, 0.15) is 25.0 Å². The normalized spacial score (nSPS) is 11.6. The molecular weight excluding hydrogens is 618 g/mol. The topological polar surface area (TPSA) is 138 Å². The highest BCUT2D eigenvalue weighted by Gasteiger charge is 2.26. The number of esters is 1. The number of benzene rings is 2. The lowest BCUT2D eigenvalue weighted by Gasteiger charge is -2.27. The molecule has 2 aromatic carbocycles. The summed E-state index contributed by atoms with van der Waals surface area (Å²) in [5, 5.41) is 10.0. The van der Waals surface area contributed by atoms with Gasteiger partial charge in [0, 0.05) is 36.2 Å². The number of aromatic nitrogens is 2. The molecule has 12 heteroatoms. The number of nitriles is 1. The van der Waals surface area contributed by atoms with E-state index in [1.54, 1.807) is 6.07 Å². The molecule has 242 valence electrons. The first-order valence-electron chi connectivity index (χ1n) is 14.8. The molecule has 3 rings (SSSR count). The SMILES string of the molecule is CCCCOC(=O)COCCCCCOc1c(Cl)cc(C(C)(C)c2ccc(OCc3cnc(S(C)(=O)=O)nc3)cc2)cc1C#N. The summed E-state index contributed by atoms with van der Waals surface area (Å²) in [4.78, 5) is 19.3. The molecule has 1 heterocycles. The number of carbonyl (C=O) groups is 1. The zero-order valence-corrected chi connectivity index (χ0v) is 27.7. The summed E-state index contributed by atoms with van der Waals surface area (Å²) in [5.41, 5.74) is 2.36. The molecule has 0 saturated heterocycles. The molecule has 0 amide bonds. The van der Waals surface area contributed by atoms with Gasteiger partial charge in [-0.25, -0.2) is 23.2 Å². The van der Waals surface area contributed by atoms with E-state index in [4.69, 9.17) is 30.5 Å². The maximum absolute atomic E-state index is 11.6. The average Bonchev–Trinajstić information content (AvgIpc) is 3.01. The zero-order chi connectivity index (χ0) is 32.9. The summed E-state index contributed by atoms with van der Waals surface area (Å²) in [7, 11) is -3.46. The van der Waals surface area contributed by atoms with Crippen LogP contribution in [0.4, 0.5) is 0 Å². The van der Waals surface area contributed by atoms with Gasteiger partial charge in [0.25, 0.3) is 0 Å². The van der Waals surface area contributed by atoms with Crippen LogP contribution in [0.1, 0.15) is 75.1 Å². The summed E-state index contributed by atoms with van der Waals surface area (Å²) in [6.45, 7) is 7.55. The molecule has 0 fully saturated rings. The summed E-state index contributed by atoms with van der Waals surface area (Å²) in [5.74, 6) is 0.645. The molecule has 1 aromatic heterocycles. The second-order valence-electron chi connectivity index (χ2n) is 11.1. The minimum Gasteiger partial charge on any atom is -0.491 e. The van der Waals surface area contributed by atoms with Gasteiger partial charge in [0.15, 0.2) is 5.75 Å². The van der Waals surface area contributed by atoms with Crippen molar-refractivity contribution in [3.8, 4) is 17.6 Å². The van der Waals surface area contributed by atoms with E-state index >= 15 is 0 Å². The van der Waals surface area contributed by atoms with E-state index in [1.165, 1.54) is 12.4 Å². The van der Waals surface area contributed by atoms with Crippen molar-refractivity contribution in [3.63, 3.8) is 0 Å². The molecular formula is C33H40ClN3O7S. The van der Waals surface area contributed by atoms with Gasteiger partial charge in [-0.3, -0.25) is 0 Å². The van der Waals surface area contributed by atoms with Crippen LogP contribution in [0.25, 0.3) is 0 Å². The predicted molar refractivity (Wildman–Crippen MR) is 170 cm³/mol. The van der Waals surface area contributed by atoms with E-state index in [0.29, 0.717) is 47.5 Å². The Morgan fingerprint density at radius 3 is 2.29 bits per heavy atom. The van der Waals surface area contributed by atoms with Gasteiger partial charge in [-0.15, -0.1) is 0 Å². The van der Waals surface area contributed by atoms with Gasteiger partial charge in [-0.2, -0.15) is 5.26 Å². The Morgan fingerprint density at radius 2 is 1.64 bits per heavy atom. The second-order valence-corrected chi connectivity index (χ2v) is 13.4. The van der Waals surface area contributed by atoms with Gasteiger partial charge in [0.05, 0.1) is 23.8 Å². The van der Waals surface area contributed by atoms with Crippen LogP contribution in [0.2, 0.25) is 5.02 Å². The Labute approximate surface area is 270 Å². The lowest BCUT2D eigenvalue weighted by atomic mass is 9.77. The Morgan fingerprint density at radius 1 is 0.956 bits per heavy atom. The van der Waals surface area contributed by atoms with Crippen LogP contribution in [-0.4, -0.2) is 57.0 Å². The third-order valence-electron chi connectivity index (χ3n) is 7.04. The van der Waals surface area contributed by atoms with Crippen molar-refractivity contribution in [3.05, 3.63) is 76.1 Å². The minimum absolute atomic E-state index is 0.0385. The van der Waals surface area contributed by atoms with Crippen LogP contribution in [0.3, 0.4) is 0 Å². The average molecular weight is 658 g/mol. The number of carbonyl (C=O) groups excluding carboxylic acids is 1. The smallest absolute Gasteiger partial charge is 0.332 e. The Balaban J connectivity index is 1.51. The molecule has 0 spiro atoms. The molecule has 0 atom stereocenters. The van der Waals surface area contributed by atoms with E-state index in [-0.39, 0.29) is 24.3 Å². The summed E-state index contributed by atoms with van der Waals surface area (Å²) in [6.07, 6.45) is 8.08. The van der Waals surface area contributed by atoms with Crippen LogP contribution < -0.4 is 9.47 Å². The third-order valence-corrected chi connectivity index (χ3v) is 8.20. The Hall–Kier alpha value is -3.72. The Bertz CT molecular complexity index is 1550. The fourth-order valence-corrected chi connectivity index (χ4v) is 5.04. The van der Waals surface area contributed by atoms with Crippen molar-refractivity contribution in [2.24, 2.45) is 0 Å².